The van der Waals surface area contributed by atoms with Crippen LogP contribution in [-0.2, 0) is 16.0 Å². The molecule has 4 rings (SSSR count). The van der Waals surface area contributed by atoms with Crippen LogP contribution in [0.15, 0.2) is 48.5 Å². The number of para-hydroxylation sites is 2. The van der Waals surface area contributed by atoms with Gasteiger partial charge in [0.2, 0.25) is 5.91 Å². The molecule has 10 heteroatoms. The van der Waals surface area contributed by atoms with Crippen LogP contribution in [0.25, 0.3) is 5.69 Å². The number of rotatable bonds is 8. The third-order valence-corrected chi connectivity index (χ3v) is 5.46. The molecule has 174 valence electrons. The number of nitrogens with two attached hydrogens (primary N) is 1. The van der Waals surface area contributed by atoms with Crippen molar-refractivity contribution >= 4 is 23.3 Å². The quantitative estimate of drug-likeness (QED) is 0.495. The van der Waals surface area contributed by atoms with Gasteiger partial charge in [0.05, 0.1) is 17.1 Å². The van der Waals surface area contributed by atoms with Gasteiger partial charge in [0, 0.05) is 19.5 Å². The number of carbonyl (C=O) groups excluding carboxylic acids is 2. The van der Waals surface area contributed by atoms with Gasteiger partial charge in [0.15, 0.2) is 6.61 Å². The number of nitriles is 1. The van der Waals surface area contributed by atoms with Gasteiger partial charge in [-0.1, -0.05) is 12.1 Å². The Labute approximate surface area is 195 Å². The number of anilines is 2. The molecule has 0 saturated carbocycles. The van der Waals surface area contributed by atoms with E-state index in [0.29, 0.717) is 42.2 Å². The lowest BCUT2D eigenvalue weighted by Gasteiger charge is -2.29. The molecule has 9 nitrogen and oxygen atoms in total. The Morgan fingerprint density at radius 2 is 2.00 bits per heavy atom. The summed E-state index contributed by atoms with van der Waals surface area (Å²) in [6, 6.07) is 14.9. The minimum Gasteiger partial charge on any atom is -0.482 e. The van der Waals surface area contributed by atoms with Gasteiger partial charge in [-0.15, -0.1) is 0 Å². The Morgan fingerprint density at radius 3 is 2.76 bits per heavy atom. The highest BCUT2D eigenvalue weighted by molar-refractivity contribution is 5.98. The summed E-state index contributed by atoms with van der Waals surface area (Å²) < 4.78 is 20.0. The average Bonchev–Trinajstić information content (AvgIpc) is 3.16. The number of hydrogen-bond donors (Lipinski definition) is 2. The summed E-state index contributed by atoms with van der Waals surface area (Å²) in [5.41, 5.74) is 8.05. The summed E-state index contributed by atoms with van der Waals surface area (Å²) in [4.78, 5) is 26.1. The fraction of sp³-hybridized carbons (Fsp3) is 0.250. The smallest absolute Gasteiger partial charge is 0.265 e. The van der Waals surface area contributed by atoms with Gasteiger partial charge in [-0.2, -0.15) is 10.4 Å². The maximum absolute atomic E-state index is 13.2. The van der Waals surface area contributed by atoms with Crippen molar-refractivity contribution in [3.8, 4) is 17.5 Å². The summed E-state index contributed by atoms with van der Waals surface area (Å²) in [6.07, 6.45) is 1.12. The number of nitrogens with zero attached hydrogens (tertiary/aromatic N) is 4. The lowest BCUT2D eigenvalue weighted by atomic mass is 10.1. The van der Waals surface area contributed by atoms with Gasteiger partial charge in [-0.25, -0.2) is 9.07 Å². The number of carbonyl (C=O) groups is 2. The topological polar surface area (TPSA) is 126 Å². The van der Waals surface area contributed by atoms with Crippen molar-refractivity contribution in [1.82, 2.24) is 15.1 Å². The predicted octanol–water partition coefficient (Wildman–Crippen LogP) is 2.33. The Hall–Kier alpha value is -4.39. The first-order valence-corrected chi connectivity index (χ1v) is 10.8. The molecule has 0 spiro atoms. The van der Waals surface area contributed by atoms with E-state index < -0.39 is 0 Å². The van der Waals surface area contributed by atoms with Crippen LogP contribution in [0, 0.1) is 17.1 Å². The number of halogens is 1. The van der Waals surface area contributed by atoms with Crippen LogP contribution in [0.5, 0.6) is 5.75 Å². The van der Waals surface area contributed by atoms with Crippen LogP contribution in [0.3, 0.4) is 0 Å². The first kappa shape index (κ1) is 22.8. The molecule has 2 amide bonds. The number of benzene rings is 2. The van der Waals surface area contributed by atoms with Crippen molar-refractivity contribution in [2.75, 3.05) is 30.3 Å². The predicted molar refractivity (Wildman–Crippen MR) is 123 cm³/mol. The highest BCUT2D eigenvalue weighted by Crippen LogP contribution is 2.31. The van der Waals surface area contributed by atoms with E-state index in [2.05, 4.69) is 16.5 Å². The van der Waals surface area contributed by atoms with E-state index in [0.717, 1.165) is 0 Å². The van der Waals surface area contributed by atoms with Crippen LogP contribution in [0.1, 0.15) is 24.1 Å². The van der Waals surface area contributed by atoms with Crippen LogP contribution < -0.4 is 20.7 Å². The molecule has 0 unspecified atom stereocenters. The third-order valence-electron chi connectivity index (χ3n) is 5.46. The monoisotopic (exact) mass is 462 g/mol. The molecule has 0 aliphatic carbocycles. The number of aromatic nitrogens is 2. The normalized spacial score (nSPS) is 12.6. The van der Waals surface area contributed by atoms with E-state index in [9.17, 15) is 19.2 Å². The lowest BCUT2D eigenvalue weighted by Crippen LogP contribution is -2.41. The van der Waals surface area contributed by atoms with Gasteiger partial charge >= 0.3 is 0 Å². The van der Waals surface area contributed by atoms with E-state index in [4.69, 9.17) is 10.5 Å². The van der Waals surface area contributed by atoms with Gasteiger partial charge < -0.3 is 20.7 Å². The van der Waals surface area contributed by atoms with Crippen molar-refractivity contribution in [2.45, 2.75) is 19.3 Å². The maximum atomic E-state index is 13.2. The number of ether oxygens (including phenoxy) is 1. The molecule has 2 heterocycles. The molecular weight excluding hydrogens is 439 g/mol. The summed E-state index contributed by atoms with van der Waals surface area (Å²) in [5, 5.41) is 16.7. The number of amides is 2. The molecule has 2 aromatic carbocycles. The molecule has 34 heavy (non-hydrogen) atoms. The zero-order valence-electron chi connectivity index (χ0n) is 18.3. The Balaban J connectivity index is 1.29. The fourth-order valence-corrected chi connectivity index (χ4v) is 3.74. The van der Waals surface area contributed by atoms with E-state index in [1.165, 1.54) is 28.9 Å². The molecule has 1 aliphatic rings. The van der Waals surface area contributed by atoms with Crippen molar-refractivity contribution in [3.05, 3.63) is 65.6 Å². The zero-order valence-corrected chi connectivity index (χ0v) is 18.3. The van der Waals surface area contributed by atoms with E-state index in [1.54, 1.807) is 17.0 Å². The third kappa shape index (κ3) is 4.83. The first-order valence-electron chi connectivity index (χ1n) is 10.8. The number of hydrogen-bond acceptors (Lipinski definition) is 6. The van der Waals surface area contributed by atoms with Crippen LogP contribution in [0.2, 0.25) is 0 Å². The van der Waals surface area contributed by atoms with Crippen LogP contribution in [0.4, 0.5) is 15.9 Å². The largest absolute Gasteiger partial charge is 0.482 e. The molecule has 0 saturated heterocycles. The van der Waals surface area contributed by atoms with Gasteiger partial charge in [0.25, 0.3) is 5.91 Å². The second-order valence-electron chi connectivity index (χ2n) is 7.71. The Bertz CT molecular complexity index is 1250. The molecule has 0 fully saturated rings. The average molecular weight is 462 g/mol. The lowest BCUT2D eigenvalue weighted by molar-refractivity contribution is -0.122. The minimum absolute atomic E-state index is 0.0481. The Morgan fingerprint density at radius 1 is 1.24 bits per heavy atom. The van der Waals surface area contributed by atoms with E-state index in [-0.39, 0.29) is 48.6 Å². The van der Waals surface area contributed by atoms with Gasteiger partial charge in [-0.05, 0) is 49.2 Å². The number of nitrogen functional groups attached to an aromatic ring is 1. The molecule has 0 atom stereocenters. The molecule has 0 radical (unpaired) electrons. The molecule has 3 N–H and O–H groups in total. The second kappa shape index (κ2) is 10.0. The molecule has 0 bridgehead atoms. The highest BCUT2D eigenvalue weighted by Gasteiger charge is 2.25. The van der Waals surface area contributed by atoms with Gasteiger partial charge in [0.1, 0.15) is 29.0 Å². The summed E-state index contributed by atoms with van der Waals surface area (Å²) in [5.74, 6) is 0.0467. The van der Waals surface area contributed by atoms with Crippen molar-refractivity contribution in [3.63, 3.8) is 0 Å². The minimum atomic E-state index is -0.381. The molecular formula is C24H23FN6O3. The highest BCUT2D eigenvalue weighted by atomic mass is 19.1. The Kier molecular flexibility index (Phi) is 6.73. The molecule has 3 aromatic rings. The first-order chi connectivity index (χ1) is 16.5. The van der Waals surface area contributed by atoms with Crippen molar-refractivity contribution < 1.29 is 18.7 Å². The van der Waals surface area contributed by atoms with E-state index in [1.807, 2.05) is 12.1 Å². The summed E-state index contributed by atoms with van der Waals surface area (Å²) >= 11 is 0. The maximum Gasteiger partial charge on any atom is 0.265 e. The van der Waals surface area contributed by atoms with E-state index >= 15 is 0 Å². The number of aryl methyl sites for hydroxylation is 1. The van der Waals surface area contributed by atoms with Crippen LogP contribution >= 0.6 is 0 Å². The molecule has 1 aromatic heterocycles. The standard InChI is InChI=1S/C24H23FN6O3/c25-16-7-9-17(10-8-16)31-24(27)18(14-26)19(29-31)4-3-12-28-22(32)11-13-30-20-5-1-2-6-21(20)34-15-23(30)33/h1-2,5-10H,3-4,11-13,15,27H2,(H,28,32). The van der Waals surface area contributed by atoms with Crippen LogP contribution in [-0.4, -0.2) is 41.3 Å². The second-order valence-corrected chi connectivity index (χ2v) is 7.71. The number of nitrogens with one attached hydrogen (secondary N) is 1. The van der Waals surface area contributed by atoms with Crippen molar-refractivity contribution in [2.24, 2.45) is 0 Å². The van der Waals surface area contributed by atoms with Crippen molar-refractivity contribution in [1.29, 1.82) is 5.26 Å². The SMILES string of the molecule is N#Cc1c(CCCNC(=O)CCN2C(=O)COc3ccccc32)nn(-c2ccc(F)cc2)c1N. The van der Waals surface area contributed by atoms with Gasteiger partial charge in [-0.3, -0.25) is 9.59 Å². The zero-order chi connectivity index (χ0) is 24.1. The fourth-order valence-electron chi connectivity index (χ4n) is 3.74. The number of fused-ring (bicyclic) bond motifs is 1. The summed E-state index contributed by atoms with van der Waals surface area (Å²) in [7, 11) is 0. The molecule has 1 aliphatic heterocycles. The summed E-state index contributed by atoms with van der Waals surface area (Å²) in [6.45, 7) is 0.580.